The van der Waals surface area contributed by atoms with E-state index in [-0.39, 0.29) is 12.5 Å². The number of anilines is 1. The first-order chi connectivity index (χ1) is 10.6. The monoisotopic (exact) mass is 335 g/mol. The van der Waals surface area contributed by atoms with Gasteiger partial charge in [-0.3, -0.25) is 4.79 Å². The summed E-state index contributed by atoms with van der Waals surface area (Å²) in [5, 5.41) is 3.56. The Hall–Kier alpha value is -1.65. The second kappa shape index (κ2) is 8.11. The van der Waals surface area contributed by atoms with Gasteiger partial charge >= 0.3 is 0 Å². The fourth-order valence-electron chi connectivity index (χ4n) is 1.89. The minimum absolute atomic E-state index is 0.0355. The van der Waals surface area contributed by atoms with Crippen molar-refractivity contribution in [3.8, 4) is 5.75 Å². The van der Waals surface area contributed by atoms with E-state index in [1.807, 2.05) is 37.3 Å². The zero-order valence-corrected chi connectivity index (χ0v) is 14.1. The Morgan fingerprint density at radius 3 is 2.77 bits per heavy atom. The van der Waals surface area contributed by atoms with E-state index >= 15 is 0 Å². The maximum atomic E-state index is 12.0. The van der Waals surface area contributed by atoms with Crippen molar-refractivity contribution in [3.63, 3.8) is 0 Å². The summed E-state index contributed by atoms with van der Waals surface area (Å²) < 4.78 is 5.50. The zero-order valence-electron chi connectivity index (χ0n) is 12.6. The Kier molecular flexibility index (Phi) is 6.16. The van der Waals surface area contributed by atoms with E-state index in [0.29, 0.717) is 10.8 Å². The number of carbonyl (C=O) groups excluding carboxylic acids is 1. The molecule has 1 amide bonds. The number of para-hydroxylation sites is 1. The van der Waals surface area contributed by atoms with E-state index in [2.05, 4.69) is 12.2 Å². The lowest BCUT2D eigenvalue weighted by Gasteiger charge is -2.11. The maximum absolute atomic E-state index is 12.0. The van der Waals surface area contributed by atoms with Gasteiger partial charge in [-0.25, -0.2) is 0 Å². The van der Waals surface area contributed by atoms with Crippen LogP contribution >= 0.6 is 23.4 Å². The highest BCUT2D eigenvalue weighted by molar-refractivity contribution is 7.99. The molecular formula is C17H18ClNO2S. The summed E-state index contributed by atoms with van der Waals surface area (Å²) in [6.07, 6.45) is 0. The van der Waals surface area contributed by atoms with Crippen molar-refractivity contribution in [1.82, 2.24) is 0 Å². The molecule has 0 aliphatic carbocycles. The molecule has 0 heterocycles. The SMILES string of the molecule is CCSc1ccccc1NC(=O)COc1ccc(Cl)c(C)c1. The van der Waals surface area contributed by atoms with Crippen molar-refractivity contribution in [2.75, 3.05) is 17.7 Å². The number of benzene rings is 2. The lowest BCUT2D eigenvalue weighted by Crippen LogP contribution is -2.20. The quantitative estimate of drug-likeness (QED) is 0.772. The molecule has 116 valence electrons. The van der Waals surface area contributed by atoms with Gasteiger partial charge in [-0.2, -0.15) is 0 Å². The molecule has 0 aliphatic rings. The molecule has 0 radical (unpaired) electrons. The largest absolute Gasteiger partial charge is 0.484 e. The van der Waals surface area contributed by atoms with Crippen LogP contribution in [0.4, 0.5) is 5.69 Å². The average molecular weight is 336 g/mol. The van der Waals surface area contributed by atoms with Crippen LogP contribution in [0.3, 0.4) is 0 Å². The third-order valence-electron chi connectivity index (χ3n) is 2.96. The van der Waals surface area contributed by atoms with Crippen LogP contribution < -0.4 is 10.1 Å². The maximum Gasteiger partial charge on any atom is 0.262 e. The number of amides is 1. The van der Waals surface area contributed by atoms with Crippen LogP contribution in [0.1, 0.15) is 12.5 Å². The Morgan fingerprint density at radius 2 is 2.05 bits per heavy atom. The first kappa shape index (κ1) is 16.7. The summed E-state index contributed by atoms with van der Waals surface area (Å²) >= 11 is 7.65. The minimum Gasteiger partial charge on any atom is -0.484 e. The van der Waals surface area contributed by atoms with E-state index < -0.39 is 0 Å². The molecule has 22 heavy (non-hydrogen) atoms. The van der Waals surface area contributed by atoms with Crippen molar-refractivity contribution in [2.45, 2.75) is 18.7 Å². The summed E-state index contributed by atoms with van der Waals surface area (Å²) in [6.45, 7) is 3.94. The second-order valence-electron chi connectivity index (χ2n) is 4.68. The second-order valence-corrected chi connectivity index (χ2v) is 6.39. The van der Waals surface area contributed by atoms with Crippen molar-refractivity contribution in [2.24, 2.45) is 0 Å². The normalized spacial score (nSPS) is 10.3. The lowest BCUT2D eigenvalue weighted by molar-refractivity contribution is -0.118. The number of hydrogen-bond donors (Lipinski definition) is 1. The standard InChI is InChI=1S/C17H18ClNO2S/c1-3-22-16-7-5-4-6-15(16)19-17(20)11-21-13-8-9-14(18)12(2)10-13/h4-10H,3,11H2,1-2H3,(H,19,20). The first-order valence-corrected chi connectivity index (χ1v) is 8.37. The molecule has 0 fully saturated rings. The Morgan fingerprint density at radius 1 is 1.27 bits per heavy atom. The number of ether oxygens (including phenoxy) is 1. The van der Waals surface area contributed by atoms with Gasteiger partial charge in [-0.15, -0.1) is 11.8 Å². The average Bonchev–Trinajstić information content (AvgIpc) is 2.51. The molecule has 0 aromatic heterocycles. The topological polar surface area (TPSA) is 38.3 Å². The zero-order chi connectivity index (χ0) is 15.9. The predicted octanol–water partition coefficient (Wildman–Crippen LogP) is 4.78. The Labute approximate surface area is 140 Å². The molecule has 0 atom stereocenters. The predicted molar refractivity (Wildman–Crippen MR) is 93.2 cm³/mol. The van der Waals surface area contributed by atoms with E-state index in [1.54, 1.807) is 23.9 Å². The summed E-state index contributed by atoms with van der Waals surface area (Å²) in [5.74, 6) is 1.40. The molecule has 2 aromatic carbocycles. The highest BCUT2D eigenvalue weighted by atomic mass is 35.5. The number of aryl methyl sites for hydroxylation is 1. The Bertz CT molecular complexity index is 661. The Balaban J connectivity index is 1.94. The highest BCUT2D eigenvalue weighted by Crippen LogP contribution is 2.26. The number of hydrogen-bond acceptors (Lipinski definition) is 3. The van der Waals surface area contributed by atoms with E-state index in [4.69, 9.17) is 16.3 Å². The fourth-order valence-corrected chi connectivity index (χ4v) is 2.77. The van der Waals surface area contributed by atoms with E-state index in [1.165, 1.54) is 0 Å². The molecular weight excluding hydrogens is 318 g/mol. The van der Waals surface area contributed by atoms with Crippen LogP contribution in [0, 0.1) is 6.92 Å². The van der Waals surface area contributed by atoms with Crippen molar-refractivity contribution in [1.29, 1.82) is 0 Å². The minimum atomic E-state index is -0.184. The molecule has 0 saturated heterocycles. The smallest absolute Gasteiger partial charge is 0.262 e. The van der Waals surface area contributed by atoms with Crippen LogP contribution in [-0.4, -0.2) is 18.3 Å². The van der Waals surface area contributed by atoms with Crippen LogP contribution in [0.2, 0.25) is 5.02 Å². The van der Waals surface area contributed by atoms with Gasteiger partial charge in [0.2, 0.25) is 0 Å². The van der Waals surface area contributed by atoms with Gasteiger partial charge in [0.25, 0.3) is 5.91 Å². The molecule has 5 heteroatoms. The van der Waals surface area contributed by atoms with Crippen molar-refractivity contribution < 1.29 is 9.53 Å². The summed E-state index contributed by atoms with van der Waals surface area (Å²) in [4.78, 5) is 13.1. The number of carbonyl (C=O) groups is 1. The molecule has 3 nitrogen and oxygen atoms in total. The van der Waals surface area contributed by atoms with Gasteiger partial charge in [0, 0.05) is 9.92 Å². The van der Waals surface area contributed by atoms with Gasteiger partial charge in [0.1, 0.15) is 5.75 Å². The van der Waals surface area contributed by atoms with Gasteiger partial charge in [-0.05, 0) is 48.6 Å². The van der Waals surface area contributed by atoms with Gasteiger partial charge in [-0.1, -0.05) is 30.7 Å². The highest BCUT2D eigenvalue weighted by Gasteiger charge is 2.08. The first-order valence-electron chi connectivity index (χ1n) is 7.00. The van der Waals surface area contributed by atoms with Crippen LogP contribution in [-0.2, 0) is 4.79 Å². The molecule has 1 N–H and O–H groups in total. The molecule has 2 rings (SSSR count). The summed E-state index contributed by atoms with van der Waals surface area (Å²) in [6, 6.07) is 13.1. The molecule has 0 saturated carbocycles. The van der Waals surface area contributed by atoms with Gasteiger partial charge in [0.15, 0.2) is 6.61 Å². The molecule has 0 bridgehead atoms. The van der Waals surface area contributed by atoms with E-state index in [9.17, 15) is 4.79 Å². The molecule has 2 aromatic rings. The third kappa shape index (κ3) is 4.68. The molecule has 0 aliphatic heterocycles. The fraction of sp³-hybridized carbons (Fsp3) is 0.235. The number of rotatable bonds is 6. The third-order valence-corrected chi connectivity index (χ3v) is 4.34. The summed E-state index contributed by atoms with van der Waals surface area (Å²) in [5.41, 5.74) is 1.74. The van der Waals surface area contributed by atoms with Gasteiger partial charge < -0.3 is 10.1 Å². The van der Waals surface area contributed by atoms with Crippen LogP contribution in [0.15, 0.2) is 47.4 Å². The van der Waals surface area contributed by atoms with Crippen LogP contribution in [0.25, 0.3) is 0 Å². The number of nitrogens with one attached hydrogen (secondary N) is 1. The molecule has 0 unspecified atom stereocenters. The lowest BCUT2D eigenvalue weighted by atomic mass is 10.2. The summed E-state index contributed by atoms with van der Waals surface area (Å²) in [7, 11) is 0. The van der Waals surface area contributed by atoms with Crippen molar-refractivity contribution >= 4 is 35.0 Å². The molecule has 0 spiro atoms. The van der Waals surface area contributed by atoms with E-state index in [0.717, 1.165) is 21.9 Å². The van der Waals surface area contributed by atoms with Gasteiger partial charge in [0.05, 0.1) is 5.69 Å². The van der Waals surface area contributed by atoms with Crippen molar-refractivity contribution in [3.05, 3.63) is 53.1 Å². The number of thioether (sulfide) groups is 1. The number of halogens is 1. The van der Waals surface area contributed by atoms with Crippen LogP contribution in [0.5, 0.6) is 5.75 Å².